The number of aliphatic hydroxyl groups excluding tert-OH is 1. The second-order valence-electron chi connectivity index (χ2n) is 6.83. The van der Waals surface area contributed by atoms with E-state index in [0.29, 0.717) is 22.3 Å². The van der Waals surface area contributed by atoms with Gasteiger partial charge in [-0.1, -0.05) is 30.3 Å². The molecule has 1 unspecified atom stereocenters. The van der Waals surface area contributed by atoms with E-state index in [0.717, 1.165) is 18.4 Å². The third-order valence-electron chi connectivity index (χ3n) is 5.00. The summed E-state index contributed by atoms with van der Waals surface area (Å²) in [5.74, 6) is 0.706. The molecule has 1 aliphatic carbocycles. The minimum absolute atomic E-state index is 0.0425. The van der Waals surface area contributed by atoms with Crippen molar-refractivity contribution in [3.63, 3.8) is 0 Å². The van der Waals surface area contributed by atoms with Gasteiger partial charge in [-0.25, -0.2) is 0 Å². The Kier molecular flexibility index (Phi) is 3.36. The Morgan fingerprint density at radius 3 is 2.46 bits per heavy atom. The molecule has 0 radical (unpaired) electrons. The van der Waals surface area contributed by atoms with Gasteiger partial charge in [-0.2, -0.15) is 0 Å². The van der Waals surface area contributed by atoms with E-state index in [1.165, 1.54) is 5.56 Å². The lowest BCUT2D eigenvalue weighted by molar-refractivity contribution is 0.199. The van der Waals surface area contributed by atoms with Gasteiger partial charge in [0.25, 0.3) is 0 Å². The monoisotopic (exact) mass is 320 g/mol. The quantitative estimate of drug-likeness (QED) is 0.785. The number of rotatable bonds is 3. The molecule has 3 aromatic rings. The van der Waals surface area contributed by atoms with Crippen molar-refractivity contribution in [2.45, 2.75) is 38.2 Å². The number of hydrogen-bond donors (Lipinski definition) is 1. The summed E-state index contributed by atoms with van der Waals surface area (Å²) in [6.07, 6.45) is 1.26. The molecule has 0 amide bonds. The molecule has 3 heteroatoms. The van der Waals surface area contributed by atoms with Crippen LogP contribution in [0, 0.1) is 6.92 Å². The topological polar surface area (TPSA) is 50.4 Å². The molecule has 1 N–H and O–H groups in total. The first-order valence-corrected chi connectivity index (χ1v) is 8.34. The summed E-state index contributed by atoms with van der Waals surface area (Å²) in [6.45, 7) is 3.62. The average Bonchev–Trinajstić information content (AvgIpc) is 3.37. The molecule has 1 aliphatic rings. The highest BCUT2D eigenvalue weighted by Crippen LogP contribution is 2.53. The Bertz CT molecular complexity index is 964. The first-order chi connectivity index (χ1) is 11.5. The van der Waals surface area contributed by atoms with Crippen LogP contribution in [0.1, 0.15) is 48.3 Å². The molecule has 122 valence electrons. The van der Waals surface area contributed by atoms with Gasteiger partial charge in [0, 0.05) is 11.6 Å². The lowest BCUT2D eigenvalue weighted by Crippen LogP contribution is -2.13. The summed E-state index contributed by atoms with van der Waals surface area (Å²) in [4.78, 5) is 12.7. The minimum Gasteiger partial charge on any atom is -0.459 e. The van der Waals surface area contributed by atoms with E-state index in [1.807, 2.05) is 37.3 Å². The molecule has 0 spiro atoms. The van der Waals surface area contributed by atoms with Crippen LogP contribution in [0.2, 0.25) is 0 Å². The predicted molar refractivity (Wildman–Crippen MR) is 94.3 cm³/mol. The molecular weight excluding hydrogens is 300 g/mol. The number of hydrogen-bond acceptors (Lipinski definition) is 3. The molecule has 2 aromatic carbocycles. The SMILES string of the molecule is Cc1cc(C(C)O)c2oc(C3(c4ccccc4)CC3)cc(=O)c2c1. The minimum atomic E-state index is -0.683. The van der Waals surface area contributed by atoms with Gasteiger partial charge in [-0.3, -0.25) is 4.79 Å². The number of aliphatic hydroxyl groups is 1. The van der Waals surface area contributed by atoms with Crippen LogP contribution < -0.4 is 5.43 Å². The van der Waals surface area contributed by atoms with Crippen molar-refractivity contribution in [1.82, 2.24) is 0 Å². The lowest BCUT2D eigenvalue weighted by atomic mass is 9.92. The van der Waals surface area contributed by atoms with Gasteiger partial charge in [0.1, 0.15) is 11.3 Å². The smallest absolute Gasteiger partial charge is 0.193 e. The maximum Gasteiger partial charge on any atom is 0.193 e. The Morgan fingerprint density at radius 2 is 1.83 bits per heavy atom. The highest BCUT2D eigenvalue weighted by atomic mass is 16.3. The fourth-order valence-electron chi connectivity index (χ4n) is 3.54. The molecule has 24 heavy (non-hydrogen) atoms. The summed E-state index contributed by atoms with van der Waals surface area (Å²) in [6, 6.07) is 15.5. The largest absolute Gasteiger partial charge is 0.459 e. The lowest BCUT2D eigenvalue weighted by Gasteiger charge is -2.17. The fourth-order valence-corrected chi connectivity index (χ4v) is 3.54. The van der Waals surface area contributed by atoms with Gasteiger partial charge in [0.15, 0.2) is 5.43 Å². The third-order valence-corrected chi connectivity index (χ3v) is 5.00. The van der Waals surface area contributed by atoms with Crippen molar-refractivity contribution in [1.29, 1.82) is 0 Å². The summed E-state index contributed by atoms with van der Waals surface area (Å²) < 4.78 is 6.21. The number of benzene rings is 2. The molecule has 0 bridgehead atoms. The van der Waals surface area contributed by atoms with Crippen molar-refractivity contribution < 1.29 is 9.52 Å². The first-order valence-electron chi connectivity index (χ1n) is 8.34. The van der Waals surface area contributed by atoms with Crippen LogP contribution in [-0.4, -0.2) is 5.11 Å². The molecule has 1 heterocycles. The van der Waals surface area contributed by atoms with E-state index in [9.17, 15) is 9.90 Å². The van der Waals surface area contributed by atoms with E-state index < -0.39 is 6.10 Å². The summed E-state index contributed by atoms with van der Waals surface area (Å²) >= 11 is 0. The van der Waals surface area contributed by atoms with Crippen LogP contribution in [0.4, 0.5) is 0 Å². The molecular formula is C21H20O3. The van der Waals surface area contributed by atoms with Crippen LogP contribution in [0.3, 0.4) is 0 Å². The van der Waals surface area contributed by atoms with Gasteiger partial charge < -0.3 is 9.52 Å². The van der Waals surface area contributed by atoms with Crippen molar-refractivity contribution in [3.05, 3.63) is 81.2 Å². The van der Waals surface area contributed by atoms with Crippen LogP contribution >= 0.6 is 0 Å². The van der Waals surface area contributed by atoms with Crippen LogP contribution in [0.25, 0.3) is 11.0 Å². The molecule has 0 aliphatic heterocycles. The molecule has 0 saturated heterocycles. The highest BCUT2D eigenvalue weighted by Gasteiger charge is 2.48. The van der Waals surface area contributed by atoms with Gasteiger partial charge in [0.2, 0.25) is 0 Å². The van der Waals surface area contributed by atoms with Crippen molar-refractivity contribution >= 4 is 11.0 Å². The fraction of sp³-hybridized carbons (Fsp3) is 0.286. The normalized spacial score (nSPS) is 17.0. The van der Waals surface area contributed by atoms with Crippen molar-refractivity contribution in [2.75, 3.05) is 0 Å². The second kappa shape index (κ2) is 5.32. The van der Waals surface area contributed by atoms with E-state index >= 15 is 0 Å². The van der Waals surface area contributed by atoms with Crippen LogP contribution in [-0.2, 0) is 5.41 Å². The standard InChI is InChI=1S/C21H20O3/c1-13-10-16(14(2)22)20-17(11-13)18(23)12-19(24-20)21(8-9-21)15-6-4-3-5-7-15/h3-7,10-12,14,22H,8-9H2,1-2H3. The van der Waals surface area contributed by atoms with Gasteiger partial charge in [0.05, 0.1) is 16.9 Å². The number of aryl methyl sites for hydroxylation is 1. The maximum atomic E-state index is 12.7. The Labute approximate surface area is 140 Å². The van der Waals surface area contributed by atoms with Gasteiger partial charge in [-0.15, -0.1) is 0 Å². The molecule has 1 atom stereocenters. The summed E-state index contributed by atoms with van der Waals surface area (Å²) in [7, 11) is 0. The van der Waals surface area contributed by atoms with Crippen LogP contribution in [0.15, 0.2) is 57.7 Å². The molecule has 1 fully saturated rings. The van der Waals surface area contributed by atoms with E-state index in [-0.39, 0.29) is 10.8 Å². The summed E-state index contributed by atoms with van der Waals surface area (Å²) in [5, 5.41) is 10.6. The van der Waals surface area contributed by atoms with Crippen LogP contribution in [0.5, 0.6) is 0 Å². The molecule has 1 aromatic heterocycles. The molecule has 4 rings (SSSR count). The van der Waals surface area contributed by atoms with Crippen molar-refractivity contribution in [2.24, 2.45) is 0 Å². The zero-order chi connectivity index (χ0) is 16.9. The second-order valence-corrected chi connectivity index (χ2v) is 6.83. The van der Waals surface area contributed by atoms with Gasteiger partial charge in [-0.05, 0) is 49.9 Å². The molecule has 1 saturated carbocycles. The molecule has 3 nitrogen and oxygen atoms in total. The van der Waals surface area contributed by atoms with E-state index in [4.69, 9.17) is 4.42 Å². The predicted octanol–water partition coefficient (Wildman–Crippen LogP) is 4.23. The van der Waals surface area contributed by atoms with E-state index in [1.54, 1.807) is 13.0 Å². The van der Waals surface area contributed by atoms with E-state index in [2.05, 4.69) is 12.1 Å². The maximum absolute atomic E-state index is 12.7. The Balaban J connectivity index is 1.98. The van der Waals surface area contributed by atoms with Gasteiger partial charge >= 0.3 is 0 Å². The summed E-state index contributed by atoms with van der Waals surface area (Å²) in [5.41, 5.74) is 3.07. The Hall–Kier alpha value is -2.39. The third kappa shape index (κ3) is 2.28. The average molecular weight is 320 g/mol. The Morgan fingerprint density at radius 1 is 1.12 bits per heavy atom. The first kappa shape index (κ1) is 15.2. The zero-order valence-corrected chi connectivity index (χ0v) is 13.9. The highest BCUT2D eigenvalue weighted by molar-refractivity contribution is 5.81. The zero-order valence-electron chi connectivity index (χ0n) is 13.9. The number of fused-ring (bicyclic) bond motifs is 1. The van der Waals surface area contributed by atoms with Crippen molar-refractivity contribution in [3.8, 4) is 0 Å².